The van der Waals surface area contributed by atoms with Crippen LogP contribution in [0.25, 0.3) is 0 Å². The second-order valence-electron chi connectivity index (χ2n) is 1.55. The first-order valence-electron chi connectivity index (χ1n) is 2.47. The van der Waals surface area contributed by atoms with Crippen LogP contribution in [-0.2, 0) is 0 Å². The molecule has 46 valence electrons. The highest BCUT2D eigenvalue weighted by Gasteiger charge is 2.16. The van der Waals surface area contributed by atoms with Crippen LogP contribution in [0.3, 0.4) is 0 Å². The molecule has 9 heavy (non-hydrogen) atoms. The molecule has 0 bridgehead atoms. The first kappa shape index (κ1) is 6.19. The van der Waals surface area contributed by atoms with E-state index in [1.54, 1.807) is 12.3 Å². The molecule has 0 aliphatic heterocycles. The maximum Gasteiger partial charge on any atom is 0.720 e. The molecule has 1 heterocycles. The van der Waals surface area contributed by atoms with Crippen molar-refractivity contribution in [2.45, 2.75) is 0 Å². The maximum absolute atomic E-state index is 8.50. The molecule has 0 radical (unpaired) electrons. The van der Waals surface area contributed by atoms with Gasteiger partial charge in [-0.05, 0) is 0 Å². The summed E-state index contributed by atoms with van der Waals surface area (Å²) in [6, 6.07) is 1.61. The molecule has 0 spiro atoms. The molecule has 1 aromatic rings. The summed E-state index contributed by atoms with van der Waals surface area (Å²) in [5.41, 5.74) is 0. The van der Waals surface area contributed by atoms with Crippen LogP contribution in [0, 0.1) is 0 Å². The van der Waals surface area contributed by atoms with Gasteiger partial charge in [-0.1, -0.05) is 4.98 Å². The van der Waals surface area contributed by atoms with Gasteiger partial charge in [0.25, 0.3) is 6.33 Å². The normalized spacial score (nSPS) is 9.11. The van der Waals surface area contributed by atoms with E-state index in [0.717, 1.165) is 0 Å². The molecule has 0 fully saturated rings. The average molecular weight is 125 g/mol. The molecule has 1 aromatic heterocycles. The van der Waals surface area contributed by atoms with Crippen molar-refractivity contribution in [2.24, 2.45) is 0 Å². The summed E-state index contributed by atoms with van der Waals surface area (Å²) >= 11 is 0. The van der Waals surface area contributed by atoms with Gasteiger partial charge in [0.2, 0.25) is 0 Å². The Morgan fingerprint density at radius 3 is 2.56 bits per heavy atom. The lowest BCUT2D eigenvalue weighted by Crippen LogP contribution is -2.51. The summed E-state index contributed by atoms with van der Waals surface area (Å²) in [6.45, 7) is 0. The summed E-state index contributed by atoms with van der Waals surface area (Å²) in [5, 5.41) is 17.0. The van der Waals surface area contributed by atoms with Crippen molar-refractivity contribution in [1.82, 2.24) is 4.98 Å². The average Bonchev–Trinajstić information content (AvgIpc) is 1.90. The van der Waals surface area contributed by atoms with Crippen molar-refractivity contribution >= 4 is 7.25 Å². The molecule has 0 aliphatic rings. The molecule has 0 aromatic carbocycles. The Hall–Kier alpha value is -0.935. The van der Waals surface area contributed by atoms with E-state index < -0.39 is 7.25 Å². The zero-order valence-electron chi connectivity index (χ0n) is 4.68. The number of rotatable bonds is 1. The van der Waals surface area contributed by atoms with Gasteiger partial charge in [-0.3, -0.25) is 0 Å². The topological polar surface area (TPSA) is 57.2 Å². The third-order valence-corrected chi connectivity index (χ3v) is 0.897. The molecule has 0 saturated carbocycles. The SMILES string of the molecule is OB(O)[n+]1cccnc1. The highest BCUT2D eigenvalue weighted by Crippen LogP contribution is 1.68. The highest BCUT2D eigenvalue weighted by molar-refractivity contribution is 6.29. The molecule has 0 saturated heterocycles. The standard InChI is InChI=1S/C4H6BN2O2/c8-5(9)7-3-1-2-6-4-7/h1-4,8-9H/q+1. The Morgan fingerprint density at radius 2 is 2.22 bits per heavy atom. The van der Waals surface area contributed by atoms with Crippen molar-refractivity contribution in [2.75, 3.05) is 0 Å². The van der Waals surface area contributed by atoms with Gasteiger partial charge in [0, 0.05) is 6.07 Å². The molecule has 4 nitrogen and oxygen atoms in total. The number of aromatic nitrogens is 2. The van der Waals surface area contributed by atoms with Crippen molar-refractivity contribution in [1.29, 1.82) is 0 Å². The molecule has 2 N–H and O–H groups in total. The molecule has 1 rings (SSSR count). The first-order valence-corrected chi connectivity index (χ1v) is 2.47. The second kappa shape index (κ2) is 2.57. The quantitative estimate of drug-likeness (QED) is 0.434. The molecular weight excluding hydrogens is 119 g/mol. The zero-order chi connectivity index (χ0) is 6.69. The van der Waals surface area contributed by atoms with Crippen molar-refractivity contribution in [3.63, 3.8) is 0 Å². The van der Waals surface area contributed by atoms with E-state index >= 15 is 0 Å². The first-order chi connectivity index (χ1) is 4.30. The molecule has 0 unspecified atom stereocenters. The molecular formula is C4H6BN2O2+. The van der Waals surface area contributed by atoms with Gasteiger partial charge in [-0.2, -0.15) is 0 Å². The van der Waals surface area contributed by atoms with E-state index in [4.69, 9.17) is 10.0 Å². The Kier molecular flexibility index (Phi) is 1.76. The lowest BCUT2D eigenvalue weighted by atomic mass is 10.1. The van der Waals surface area contributed by atoms with Gasteiger partial charge in [-0.25, -0.2) is 4.48 Å². The van der Waals surface area contributed by atoms with Gasteiger partial charge in [-0.15, -0.1) is 0 Å². The fraction of sp³-hybridized carbons (Fsp3) is 0. The Labute approximate surface area is 52.6 Å². The van der Waals surface area contributed by atoms with Gasteiger partial charge < -0.3 is 10.0 Å². The Bertz CT molecular complexity index is 179. The predicted octanol–water partition coefficient (Wildman–Crippen LogP) is -1.81. The van der Waals surface area contributed by atoms with Crippen molar-refractivity contribution < 1.29 is 14.5 Å². The van der Waals surface area contributed by atoms with Crippen LogP contribution in [0.15, 0.2) is 24.8 Å². The largest absolute Gasteiger partial charge is 0.720 e. The summed E-state index contributed by atoms with van der Waals surface area (Å²) in [6.07, 6.45) is 4.39. The van der Waals surface area contributed by atoms with E-state index in [1.165, 1.54) is 17.0 Å². The van der Waals surface area contributed by atoms with Gasteiger partial charge in [0.05, 0.1) is 6.20 Å². The van der Waals surface area contributed by atoms with Gasteiger partial charge >= 0.3 is 7.25 Å². The van der Waals surface area contributed by atoms with E-state index in [9.17, 15) is 0 Å². The fourth-order valence-corrected chi connectivity index (χ4v) is 0.478. The monoisotopic (exact) mass is 125 g/mol. The van der Waals surface area contributed by atoms with Crippen LogP contribution in [0.5, 0.6) is 0 Å². The molecule has 5 heteroatoms. The number of hydrogen-bond acceptors (Lipinski definition) is 3. The van der Waals surface area contributed by atoms with Crippen LogP contribution in [0.2, 0.25) is 0 Å². The third-order valence-electron chi connectivity index (χ3n) is 0.897. The van der Waals surface area contributed by atoms with Crippen LogP contribution in [-0.4, -0.2) is 22.3 Å². The lowest BCUT2D eigenvalue weighted by Gasteiger charge is -1.89. The zero-order valence-corrected chi connectivity index (χ0v) is 4.68. The minimum Gasteiger partial charge on any atom is -0.385 e. The van der Waals surface area contributed by atoms with Crippen LogP contribution < -0.4 is 4.48 Å². The summed E-state index contributed by atoms with van der Waals surface area (Å²) < 4.78 is 1.17. The minimum absolute atomic E-state index is 1.17. The lowest BCUT2D eigenvalue weighted by molar-refractivity contribution is -0.566. The number of nitrogens with zero attached hydrogens (tertiary/aromatic N) is 2. The second-order valence-corrected chi connectivity index (χ2v) is 1.55. The smallest absolute Gasteiger partial charge is 0.385 e. The van der Waals surface area contributed by atoms with Crippen LogP contribution >= 0.6 is 0 Å². The Balaban J connectivity index is 2.85. The molecule has 0 aliphatic carbocycles. The fourth-order valence-electron chi connectivity index (χ4n) is 0.478. The maximum atomic E-state index is 8.50. The number of hydrogen-bond donors (Lipinski definition) is 2. The van der Waals surface area contributed by atoms with Gasteiger partial charge in [0.1, 0.15) is 6.20 Å². The van der Waals surface area contributed by atoms with E-state index in [-0.39, 0.29) is 0 Å². The van der Waals surface area contributed by atoms with Crippen molar-refractivity contribution in [3.05, 3.63) is 24.8 Å². The van der Waals surface area contributed by atoms with Crippen LogP contribution in [0.1, 0.15) is 0 Å². The van der Waals surface area contributed by atoms with Crippen molar-refractivity contribution in [3.8, 4) is 0 Å². The van der Waals surface area contributed by atoms with E-state index in [0.29, 0.717) is 0 Å². The highest BCUT2D eigenvalue weighted by atomic mass is 16.4. The Morgan fingerprint density at radius 1 is 1.44 bits per heavy atom. The summed E-state index contributed by atoms with van der Waals surface area (Å²) in [4.78, 5) is 3.65. The predicted molar refractivity (Wildman–Crippen MR) is 30.0 cm³/mol. The minimum atomic E-state index is -1.49. The third kappa shape index (κ3) is 1.48. The molecule has 0 amide bonds. The molecule has 0 atom stereocenters. The van der Waals surface area contributed by atoms with E-state index in [2.05, 4.69) is 4.98 Å². The summed E-state index contributed by atoms with van der Waals surface area (Å²) in [7, 11) is -1.49. The van der Waals surface area contributed by atoms with Crippen LogP contribution in [0.4, 0.5) is 0 Å². The van der Waals surface area contributed by atoms with E-state index in [1.807, 2.05) is 0 Å². The van der Waals surface area contributed by atoms with Gasteiger partial charge in [0.15, 0.2) is 0 Å². The summed E-state index contributed by atoms with van der Waals surface area (Å²) in [5.74, 6) is 0.